The molecule has 1 aliphatic heterocycles. The first kappa shape index (κ1) is 20.7. The molecule has 1 aliphatic rings. The highest BCUT2D eigenvalue weighted by Crippen LogP contribution is 2.36. The SMILES string of the molecule is CC(=O)N1CCC1(C)C(=O)N(CCCC(=O)O)c1cccc(C(F)(F)F)c1. The van der Waals surface area contributed by atoms with Crippen molar-refractivity contribution in [3.8, 4) is 0 Å². The van der Waals surface area contributed by atoms with Gasteiger partial charge in [-0.2, -0.15) is 13.2 Å². The highest BCUT2D eigenvalue weighted by atomic mass is 19.4. The van der Waals surface area contributed by atoms with E-state index in [1.54, 1.807) is 6.92 Å². The van der Waals surface area contributed by atoms with E-state index in [1.165, 1.54) is 24.0 Å². The van der Waals surface area contributed by atoms with Gasteiger partial charge in [0.15, 0.2) is 0 Å². The second kappa shape index (κ2) is 7.58. The van der Waals surface area contributed by atoms with Crippen molar-refractivity contribution in [2.24, 2.45) is 0 Å². The zero-order valence-corrected chi connectivity index (χ0v) is 15.0. The average molecular weight is 386 g/mol. The van der Waals surface area contributed by atoms with E-state index in [4.69, 9.17) is 5.11 Å². The lowest BCUT2D eigenvalue weighted by atomic mass is 9.84. The summed E-state index contributed by atoms with van der Waals surface area (Å²) in [5.41, 5.74) is -2.03. The van der Waals surface area contributed by atoms with Gasteiger partial charge in [-0.15, -0.1) is 0 Å². The molecule has 6 nitrogen and oxygen atoms in total. The van der Waals surface area contributed by atoms with Crippen molar-refractivity contribution in [2.45, 2.75) is 44.8 Å². The second-order valence-electron chi connectivity index (χ2n) is 6.70. The van der Waals surface area contributed by atoms with E-state index in [9.17, 15) is 27.6 Å². The summed E-state index contributed by atoms with van der Waals surface area (Å²) in [4.78, 5) is 38.1. The summed E-state index contributed by atoms with van der Waals surface area (Å²) in [5, 5.41) is 8.81. The van der Waals surface area contributed by atoms with Gasteiger partial charge in [0.2, 0.25) is 5.91 Å². The first-order valence-electron chi connectivity index (χ1n) is 8.46. The highest BCUT2D eigenvalue weighted by Gasteiger charge is 2.50. The lowest BCUT2D eigenvalue weighted by Gasteiger charge is -2.50. The van der Waals surface area contributed by atoms with Gasteiger partial charge in [0.05, 0.1) is 5.56 Å². The fourth-order valence-corrected chi connectivity index (χ4v) is 3.16. The number of amides is 2. The third-order valence-electron chi connectivity index (χ3n) is 4.76. The summed E-state index contributed by atoms with van der Waals surface area (Å²) >= 11 is 0. The monoisotopic (exact) mass is 386 g/mol. The Labute approximate surface area is 154 Å². The van der Waals surface area contributed by atoms with Gasteiger partial charge in [-0.1, -0.05) is 6.07 Å². The number of benzene rings is 1. The number of anilines is 1. The molecule has 9 heteroatoms. The number of carboxylic acid groups (broad SMARTS) is 1. The minimum atomic E-state index is -4.57. The molecule has 1 atom stereocenters. The molecule has 0 aliphatic carbocycles. The minimum Gasteiger partial charge on any atom is -0.481 e. The van der Waals surface area contributed by atoms with Gasteiger partial charge in [-0.25, -0.2) is 0 Å². The Hall–Kier alpha value is -2.58. The Morgan fingerprint density at radius 3 is 2.44 bits per heavy atom. The number of alkyl halides is 3. The lowest BCUT2D eigenvalue weighted by Crippen LogP contribution is -2.67. The Morgan fingerprint density at radius 2 is 1.96 bits per heavy atom. The van der Waals surface area contributed by atoms with E-state index in [2.05, 4.69) is 0 Å². The van der Waals surface area contributed by atoms with Gasteiger partial charge < -0.3 is 14.9 Å². The third-order valence-corrected chi connectivity index (χ3v) is 4.76. The van der Waals surface area contributed by atoms with E-state index >= 15 is 0 Å². The van der Waals surface area contributed by atoms with Crippen LogP contribution in [-0.2, 0) is 20.6 Å². The number of carboxylic acids is 1. The molecule has 1 saturated heterocycles. The standard InChI is InChI=1S/C18H21F3N2O4/c1-12(24)23-10-8-17(23,2)16(27)22(9-4-7-15(25)26)14-6-3-5-13(11-14)18(19,20)21/h3,5-6,11H,4,7-10H2,1-2H3,(H,25,26). The van der Waals surface area contributed by atoms with Gasteiger partial charge in [0, 0.05) is 32.1 Å². The van der Waals surface area contributed by atoms with E-state index in [-0.39, 0.29) is 31.0 Å². The number of hydrogen-bond donors (Lipinski definition) is 1. The lowest BCUT2D eigenvalue weighted by molar-refractivity contribution is -0.154. The average Bonchev–Trinajstić information content (AvgIpc) is 2.55. The number of hydrogen-bond acceptors (Lipinski definition) is 3. The maximum Gasteiger partial charge on any atom is 0.416 e. The molecule has 2 amide bonds. The first-order chi connectivity index (χ1) is 12.5. The van der Waals surface area contributed by atoms with Gasteiger partial charge >= 0.3 is 12.1 Å². The number of carbonyl (C=O) groups excluding carboxylic acids is 2. The van der Waals surface area contributed by atoms with E-state index in [0.29, 0.717) is 13.0 Å². The molecule has 0 radical (unpaired) electrons. The van der Waals surface area contributed by atoms with Crippen LogP contribution in [0.3, 0.4) is 0 Å². The number of nitrogens with zero attached hydrogens (tertiary/aromatic N) is 2. The zero-order chi connectivity index (χ0) is 20.4. The van der Waals surface area contributed by atoms with Crippen LogP contribution in [0.15, 0.2) is 24.3 Å². The zero-order valence-electron chi connectivity index (χ0n) is 15.0. The number of rotatable bonds is 6. The number of likely N-dealkylation sites (tertiary alicyclic amines) is 1. The summed E-state index contributed by atoms with van der Waals surface area (Å²) < 4.78 is 39.1. The van der Waals surface area contributed by atoms with Crippen LogP contribution in [0, 0.1) is 0 Å². The van der Waals surface area contributed by atoms with Crippen molar-refractivity contribution in [1.82, 2.24) is 4.90 Å². The van der Waals surface area contributed by atoms with Crippen molar-refractivity contribution in [3.63, 3.8) is 0 Å². The van der Waals surface area contributed by atoms with E-state index in [0.717, 1.165) is 17.0 Å². The van der Waals surface area contributed by atoms with Gasteiger partial charge in [0.1, 0.15) is 5.54 Å². The molecule has 2 rings (SSSR count). The molecule has 1 unspecified atom stereocenters. The largest absolute Gasteiger partial charge is 0.481 e. The van der Waals surface area contributed by atoms with Crippen molar-refractivity contribution < 1.29 is 32.7 Å². The smallest absolute Gasteiger partial charge is 0.416 e. The topological polar surface area (TPSA) is 77.9 Å². The van der Waals surface area contributed by atoms with Crippen molar-refractivity contribution in [3.05, 3.63) is 29.8 Å². The number of aliphatic carboxylic acids is 1. The van der Waals surface area contributed by atoms with Crippen LogP contribution in [0.2, 0.25) is 0 Å². The summed E-state index contributed by atoms with van der Waals surface area (Å²) in [5.74, 6) is -1.88. The Morgan fingerprint density at radius 1 is 1.30 bits per heavy atom. The normalized spacial score (nSPS) is 19.4. The van der Waals surface area contributed by atoms with Crippen LogP contribution in [0.5, 0.6) is 0 Å². The number of halogens is 3. The molecule has 1 fully saturated rings. The first-order valence-corrected chi connectivity index (χ1v) is 8.46. The summed E-state index contributed by atoms with van der Waals surface area (Å²) in [6.45, 7) is 3.22. The Balaban J connectivity index is 2.35. The van der Waals surface area contributed by atoms with Crippen molar-refractivity contribution in [2.75, 3.05) is 18.0 Å². The van der Waals surface area contributed by atoms with Crippen LogP contribution in [0.4, 0.5) is 18.9 Å². The van der Waals surface area contributed by atoms with Gasteiger partial charge in [-0.05, 0) is 38.0 Å². The van der Waals surface area contributed by atoms with Gasteiger partial charge in [0.25, 0.3) is 5.91 Å². The molecule has 0 spiro atoms. The molecule has 0 saturated carbocycles. The van der Waals surface area contributed by atoms with Crippen LogP contribution in [-0.4, -0.2) is 46.4 Å². The van der Waals surface area contributed by atoms with E-state index in [1.807, 2.05) is 0 Å². The Bertz CT molecular complexity index is 750. The number of carbonyl (C=O) groups is 3. The maximum atomic E-state index is 13.1. The fourth-order valence-electron chi connectivity index (χ4n) is 3.16. The third kappa shape index (κ3) is 4.40. The van der Waals surface area contributed by atoms with Crippen LogP contribution < -0.4 is 4.90 Å². The molecular formula is C18H21F3N2O4. The molecule has 1 heterocycles. The molecule has 0 aromatic heterocycles. The molecule has 27 heavy (non-hydrogen) atoms. The minimum absolute atomic E-state index is 0.0249. The van der Waals surface area contributed by atoms with Crippen molar-refractivity contribution >= 4 is 23.5 Å². The fraction of sp³-hybridized carbons (Fsp3) is 0.500. The summed E-state index contributed by atoms with van der Waals surface area (Å²) in [7, 11) is 0. The predicted octanol–water partition coefficient (Wildman–Crippen LogP) is 2.91. The molecular weight excluding hydrogens is 365 g/mol. The molecule has 1 aromatic rings. The molecule has 1 aromatic carbocycles. The predicted molar refractivity (Wildman–Crippen MR) is 91.1 cm³/mol. The van der Waals surface area contributed by atoms with Gasteiger partial charge in [-0.3, -0.25) is 14.4 Å². The van der Waals surface area contributed by atoms with Crippen LogP contribution in [0.1, 0.15) is 38.7 Å². The van der Waals surface area contributed by atoms with Crippen LogP contribution in [0.25, 0.3) is 0 Å². The molecule has 0 bridgehead atoms. The maximum absolute atomic E-state index is 13.1. The van der Waals surface area contributed by atoms with Crippen LogP contribution >= 0.6 is 0 Å². The molecule has 1 N–H and O–H groups in total. The molecule has 148 valence electrons. The van der Waals surface area contributed by atoms with E-state index < -0.39 is 29.2 Å². The quantitative estimate of drug-likeness (QED) is 0.816. The Kier molecular flexibility index (Phi) is 5.82. The highest BCUT2D eigenvalue weighted by molar-refractivity contribution is 6.03. The van der Waals surface area contributed by atoms with Crippen molar-refractivity contribution in [1.29, 1.82) is 0 Å². The summed E-state index contributed by atoms with van der Waals surface area (Å²) in [6, 6.07) is 4.32. The summed E-state index contributed by atoms with van der Waals surface area (Å²) in [6.07, 6.45) is -4.33. The second-order valence-corrected chi connectivity index (χ2v) is 6.70.